The molecule has 2 aromatic rings. The van der Waals surface area contributed by atoms with Gasteiger partial charge in [0.25, 0.3) is 0 Å². The fraction of sp³-hybridized carbons (Fsp3) is 0.353. The predicted octanol–water partition coefficient (Wildman–Crippen LogP) is 4.07. The molecule has 8 heteroatoms. The zero-order valence-electron chi connectivity index (χ0n) is 14.2. The Balaban J connectivity index is 2.06. The minimum atomic E-state index is -0.336. The first-order valence-corrected chi connectivity index (χ1v) is 9.55. The van der Waals surface area contributed by atoms with Crippen LogP contribution in [0.5, 0.6) is 0 Å². The summed E-state index contributed by atoms with van der Waals surface area (Å²) >= 11 is 4.65. The minimum Gasteiger partial charge on any atom is -0.334 e. The molecule has 2 rings (SSSR count). The van der Waals surface area contributed by atoms with Crippen molar-refractivity contribution in [2.45, 2.75) is 31.6 Å². The molecule has 1 aromatic heterocycles. The van der Waals surface area contributed by atoms with Gasteiger partial charge in [0, 0.05) is 29.2 Å². The van der Waals surface area contributed by atoms with Crippen molar-refractivity contribution in [1.29, 1.82) is 0 Å². The standard InChI is InChI=1S/C17H20BrFN4OS/c1-4-7-22(9-13-8-14(18)5-6-15(13)19)16(24)10-25-17-21-20-11-23(17)12(2)3/h4-6,8,11-12H,1,7,9-10H2,2-3H3. The fourth-order valence-corrected chi connectivity index (χ4v) is 3.54. The van der Waals surface area contributed by atoms with Crippen LogP contribution in [0.4, 0.5) is 4.39 Å². The largest absolute Gasteiger partial charge is 0.334 e. The lowest BCUT2D eigenvalue weighted by atomic mass is 10.2. The third kappa shape index (κ3) is 5.40. The van der Waals surface area contributed by atoms with Crippen LogP contribution >= 0.6 is 27.7 Å². The summed E-state index contributed by atoms with van der Waals surface area (Å²) in [5.41, 5.74) is 0.458. The third-order valence-electron chi connectivity index (χ3n) is 3.49. The highest BCUT2D eigenvalue weighted by atomic mass is 79.9. The van der Waals surface area contributed by atoms with E-state index >= 15 is 0 Å². The van der Waals surface area contributed by atoms with E-state index in [-0.39, 0.29) is 30.1 Å². The normalized spacial score (nSPS) is 10.9. The van der Waals surface area contributed by atoms with Crippen molar-refractivity contribution in [2.24, 2.45) is 0 Å². The van der Waals surface area contributed by atoms with E-state index < -0.39 is 0 Å². The molecule has 0 saturated heterocycles. The van der Waals surface area contributed by atoms with Crippen molar-refractivity contribution < 1.29 is 9.18 Å². The molecule has 5 nitrogen and oxygen atoms in total. The Bertz CT molecular complexity index is 750. The van der Waals surface area contributed by atoms with E-state index in [1.54, 1.807) is 29.4 Å². The summed E-state index contributed by atoms with van der Waals surface area (Å²) in [6.45, 7) is 8.27. The molecule has 0 atom stereocenters. The molecule has 0 aliphatic rings. The first kappa shape index (κ1) is 19.7. The molecule has 0 radical (unpaired) electrons. The van der Waals surface area contributed by atoms with Crippen LogP contribution in [0.1, 0.15) is 25.5 Å². The number of amides is 1. The number of rotatable bonds is 8. The van der Waals surface area contributed by atoms with Crippen LogP contribution in [0, 0.1) is 5.82 Å². The van der Waals surface area contributed by atoms with E-state index in [9.17, 15) is 9.18 Å². The number of halogens is 2. The van der Waals surface area contributed by atoms with Gasteiger partial charge in [-0.2, -0.15) is 0 Å². The van der Waals surface area contributed by atoms with E-state index in [1.807, 2.05) is 18.4 Å². The van der Waals surface area contributed by atoms with Gasteiger partial charge < -0.3 is 9.47 Å². The highest BCUT2D eigenvalue weighted by Gasteiger charge is 2.17. The summed E-state index contributed by atoms with van der Waals surface area (Å²) in [7, 11) is 0. The molecule has 0 unspecified atom stereocenters. The van der Waals surface area contributed by atoms with Gasteiger partial charge >= 0.3 is 0 Å². The molecule has 1 heterocycles. The van der Waals surface area contributed by atoms with Gasteiger partial charge in [0.05, 0.1) is 5.75 Å². The maximum atomic E-state index is 14.0. The van der Waals surface area contributed by atoms with Crippen LogP contribution in [-0.2, 0) is 11.3 Å². The second-order valence-electron chi connectivity index (χ2n) is 5.70. The summed E-state index contributed by atoms with van der Waals surface area (Å²) in [5, 5.41) is 8.62. The van der Waals surface area contributed by atoms with Crippen LogP contribution in [0.3, 0.4) is 0 Å². The van der Waals surface area contributed by atoms with E-state index in [2.05, 4.69) is 32.7 Å². The number of hydrogen-bond donors (Lipinski definition) is 0. The van der Waals surface area contributed by atoms with Gasteiger partial charge in [-0.15, -0.1) is 16.8 Å². The molecule has 0 aliphatic carbocycles. The number of nitrogens with zero attached hydrogens (tertiary/aromatic N) is 4. The molecule has 0 bridgehead atoms. The van der Waals surface area contributed by atoms with Crippen molar-refractivity contribution in [3.63, 3.8) is 0 Å². The SMILES string of the molecule is C=CCN(Cc1cc(Br)ccc1F)C(=O)CSc1nncn1C(C)C. The molecule has 0 saturated carbocycles. The average Bonchev–Trinajstić information content (AvgIpc) is 3.04. The summed E-state index contributed by atoms with van der Waals surface area (Å²) in [5.74, 6) is -0.241. The number of carbonyl (C=O) groups is 1. The fourth-order valence-electron chi connectivity index (χ4n) is 2.19. The molecular formula is C17H20BrFN4OS. The van der Waals surface area contributed by atoms with E-state index in [0.717, 1.165) is 4.47 Å². The quantitative estimate of drug-likeness (QED) is 0.471. The van der Waals surface area contributed by atoms with E-state index in [1.165, 1.54) is 17.8 Å². The summed E-state index contributed by atoms with van der Waals surface area (Å²) < 4.78 is 16.7. The lowest BCUT2D eigenvalue weighted by Gasteiger charge is -2.21. The van der Waals surface area contributed by atoms with Crippen LogP contribution in [0.15, 0.2) is 46.8 Å². The first-order chi connectivity index (χ1) is 11.9. The Morgan fingerprint density at radius 2 is 2.28 bits per heavy atom. The van der Waals surface area contributed by atoms with E-state index in [0.29, 0.717) is 17.3 Å². The Morgan fingerprint density at radius 3 is 2.96 bits per heavy atom. The van der Waals surface area contributed by atoms with Gasteiger partial charge in [-0.3, -0.25) is 4.79 Å². The Hall–Kier alpha value is -1.67. The molecule has 1 aromatic carbocycles. The number of aromatic nitrogens is 3. The summed E-state index contributed by atoms with van der Waals surface area (Å²) in [6.07, 6.45) is 3.28. The highest BCUT2D eigenvalue weighted by molar-refractivity contribution is 9.10. The lowest BCUT2D eigenvalue weighted by Crippen LogP contribution is -2.32. The topological polar surface area (TPSA) is 51.0 Å². The van der Waals surface area contributed by atoms with E-state index in [4.69, 9.17) is 0 Å². The van der Waals surface area contributed by atoms with Crippen molar-refractivity contribution in [3.8, 4) is 0 Å². The molecule has 0 aliphatic heterocycles. The van der Waals surface area contributed by atoms with Crippen LogP contribution in [0.2, 0.25) is 0 Å². The Labute approximate surface area is 159 Å². The molecular weight excluding hydrogens is 407 g/mol. The number of hydrogen-bond acceptors (Lipinski definition) is 4. The van der Waals surface area contributed by atoms with Crippen LogP contribution < -0.4 is 0 Å². The van der Waals surface area contributed by atoms with Gasteiger partial charge in [0.2, 0.25) is 5.91 Å². The molecule has 0 fully saturated rings. The van der Waals surface area contributed by atoms with Crippen LogP contribution in [-0.4, -0.2) is 37.9 Å². The van der Waals surface area contributed by atoms with Gasteiger partial charge in [-0.1, -0.05) is 33.8 Å². The molecule has 25 heavy (non-hydrogen) atoms. The van der Waals surface area contributed by atoms with Gasteiger partial charge in [0.15, 0.2) is 5.16 Å². The van der Waals surface area contributed by atoms with Crippen molar-refractivity contribution in [3.05, 3.63) is 53.0 Å². The Morgan fingerprint density at radius 1 is 1.52 bits per heavy atom. The first-order valence-electron chi connectivity index (χ1n) is 7.77. The number of benzene rings is 1. The average molecular weight is 427 g/mol. The van der Waals surface area contributed by atoms with Crippen molar-refractivity contribution in [2.75, 3.05) is 12.3 Å². The van der Waals surface area contributed by atoms with Crippen LogP contribution in [0.25, 0.3) is 0 Å². The predicted molar refractivity (Wildman–Crippen MR) is 101 cm³/mol. The van der Waals surface area contributed by atoms with Gasteiger partial charge in [-0.25, -0.2) is 4.39 Å². The smallest absolute Gasteiger partial charge is 0.233 e. The third-order valence-corrected chi connectivity index (χ3v) is 4.93. The van der Waals surface area contributed by atoms with Crippen molar-refractivity contribution in [1.82, 2.24) is 19.7 Å². The molecule has 0 N–H and O–H groups in total. The monoisotopic (exact) mass is 426 g/mol. The molecule has 134 valence electrons. The van der Waals surface area contributed by atoms with Gasteiger partial charge in [0.1, 0.15) is 12.1 Å². The summed E-state index contributed by atoms with van der Waals surface area (Å²) in [6, 6.07) is 4.91. The van der Waals surface area contributed by atoms with Gasteiger partial charge in [-0.05, 0) is 32.0 Å². The summed E-state index contributed by atoms with van der Waals surface area (Å²) in [4.78, 5) is 14.1. The lowest BCUT2D eigenvalue weighted by molar-refractivity contribution is -0.128. The minimum absolute atomic E-state index is 0.109. The highest BCUT2D eigenvalue weighted by Crippen LogP contribution is 2.21. The maximum absolute atomic E-state index is 14.0. The zero-order valence-corrected chi connectivity index (χ0v) is 16.6. The number of thioether (sulfide) groups is 1. The molecule has 1 amide bonds. The zero-order chi connectivity index (χ0) is 18.4. The Kier molecular flexibility index (Phi) is 7.19. The maximum Gasteiger partial charge on any atom is 0.233 e. The second-order valence-corrected chi connectivity index (χ2v) is 7.56. The second kappa shape index (κ2) is 9.15. The molecule has 0 spiro atoms. The number of carbonyl (C=O) groups excluding carboxylic acids is 1. The van der Waals surface area contributed by atoms with Crippen molar-refractivity contribution >= 4 is 33.6 Å².